The number of carbonyl (C=O) groups is 1. The molecule has 0 fully saturated rings. The molecule has 1 aliphatic rings. The minimum absolute atomic E-state index is 0.510. The van der Waals surface area contributed by atoms with E-state index >= 15 is 0 Å². The number of hydrogen-bond donors (Lipinski definition) is 2. The van der Waals surface area contributed by atoms with Crippen LogP contribution in [0.15, 0.2) is 0 Å². The molecule has 1 aromatic heterocycles. The quantitative estimate of drug-likeness (QED) is 0.619. The fourth-order valence-corrected chi connectivity index (χ4v) is 1.45. The van der Waals surface area contributed by atoms with E-state index in [0.29, 0.717) is 12.8 Å². The van der Waals surface area contributed by atoms with Crippen molar-refractivity contribution in [2.24, 2.45) is 7.05 Å². The first kappa shape index (κ1) is 8.03. The van der Waals surface area contributed by atoms with E-state index in [1.165, 1.54) is 0 Å². The number of aromatic nitrogens is 3. The summed E-state index contributed by atoms with van der Waals surface area (Å²) < 4.78 is 1.56. The molecule has 2 heterocycles. The zero-order valence-electron chi connectivity index (χ0n) is 7.19. The van der Waals surface area contributed by atoms with Crippen LogP contribution in [0.5, 0.6) is 0 Å². The Kier molecular flexibility index (Phi) is 1.68. The maximum atomic E-state index is 10.7. The summed E-state index contributed by atoms with van der Waals surface area (Å²) >= 11 is 0. The van der Waals surface area contributed by atoms with Crippen LogP contribution in [0.1, 0.15) is 12.1 Å². The van der Waals surface area contributed by atoms with Gasteiger partial charge in [0.05, 0.1) is 0 Å². The second kappa shape index (κ2) is 2.72. The molecule has 13 heavy (non-hydrogen) atoms. The standard InChI is InChI=1S/C7H10N4O2/c1-11-6-4(9-10-11)2-3-5(8-6)7(12)13/h5,8H,2-3H2,1H3,(H,12,13). The predicted molar refractivity (Wildman–Crippen MR) is 44.4 cm³/mol. The van der Waals surface area contributed by atoms with Gasteiger partial charge in [0.1, 0.15) is 17.6 Å². The Morgan fingerprint density at radius 2 is 2.54 bits per heavy atom. The summed E-state index contributed by atoms with van der Waals surface area (Å²) in [7, 11) is 1.74. The number of anilines is 1. The van der Waals surface area contributed by atoms with Gasteiger partial charge in [-0.2, -0.15) is 0 Å². The second-order valence-electron chi connectivity index (χ2n) is 3.08. The molecule has 1 unspecified atom stereocenters. The molecule has 0 saturated carbocycles. The first-order valence-corrected chi connectivity index (χ1v) is 4.06. The molecule has 0 spiro atoms. The Bertz CT molecular complexity index is 346. The van der Waals surface area contributed by atoms with Gasteiger partial charge in [0.15, 0.2) is 0 Å². The van der Waals surface area contributed by atoms with Gasteiger partial charge in [0.2, 0.25) is 0 Å². The molecular formula is C7H10N4O2. The summed E-state index contributed by atoms with van der Waals surface area (Å²) in [6.45, 7) is 0. The molecule has 1 aromatic rings. The molecule has 0 aliphatic carbocycles. The number of nitrogens with zero attached hydrogens (tertiary/aromatic N) is 3. The minimum Gasteiger partial charge on any atom is -0.480 e. The van der Waals surface area contributed by atoms with E-state index in [2.05, 4.69) is 15.6 Å². The molecule has 2 N–H and O–H groups in total. The van der Waals surface area contributed by atoms with Crippen molar-refractivity contribution < 1.29 is 9.90 Å². The lowest BCUT2D eigenvalue weighted by molar-refractivity contribution is -0.138. The van der Waals surface area contributed by atoms with Crippen LogP contribution in [0.3, 0.4) is 0 Å². The lowest BCUT2D eigenvalue weighted by Gasteiger charge is -2.20. The third-order valence-electron chi connectivity index (χ3n) is 2.18. The van der Waals surface area contributed by atoms with Crippen molar-refractivity contribution in [1.82, 2.24) is 15.0 Å². The van der Waals surface area contributed by atoms with E-state index in [1.54, 1.807) is 11.7 Å². The summed E-state index contributed by atoms with van der Waals surface area (Å²) in [5.74, 6) is -0.106. The predicted octanol–water partition coefficient (Wildman–Crippen LogP) is -0.374. The molecule has 70 valence electrons. The summed E-state index contributed by atoms with van der Waals surface area (Å²) in [6, 6.07) is -0.510. The molecule has 0 saturated heterocycles. The number of nitrogens with one attached hydrogen (secondary N) is 1. The summed E-state index contributed by atoms with van der Waals surface area (Å²) in [5, 5.41) is 19.4. The molecule has 1 aliphatic heterocycles. The third kappa shape index (κ3) is 1.24. The van der Waals surface area contributed by atoms with E-state index in [0.717, 1.165) is 11.5 Å². The molecular weight excluding hydrogens is 172 g/mol. The van der Waals surface area contributed by atoms with Crippen molar-refractivity contribution in [2.75, 3.05) is 5.32 Å². The Balaban J connectivity index is 2.27. The fraction of sp³-hybridized carbons (Fsp3) is 0.571. The van der Waals surface area contributed by atoms with Gasteiger partial charge in [0.25, 0.3) is 0 Å². The van der Waals surface area contributed by atoms with E-state index in [1.807, 2.05) is 0 Å². The van der Waals surface area contributed by atoms with Crippen molar-refractivity contribution in [1.29, 1.82) is 0 Å². The molecule has 0 bridgehead atoms. The third-order valence-corrected chi connectivity index (χ3v) is 2.18. The van der Waals surface area contributed by atoms with Gasteiger partial charge < -0.3 is 10.4 Å². The van der Waals surface area contributed by atoms with E-state index in [-0.39, 0.29) is 0 Å². The molecule has 0 amide bonds. The fourth-order valence-electron chi connectivity index (χ4n) is 1.45. The van der Waals surface area contributed by atoms with Crippen LogP contribution in [0.4, 0.5) is 5.82 Å². The normalized spacial score (nSPS) is 20.5. The number of aliphatic carboxylic acids is 1. The smallest absolute Gasteiger partial charge is 0.326 e. The lowest BCUT2D eigenvalue weighted by Crippen LogP contribution is -2.33. The van der Waals surface area contributed by atoms with Crippen molar-refractivity contribution in [3.63, 3.8) is 0 Å². The molecule has 0 radical (unpaired) electrons. The van der Waals surface area contributed by atoms with E-state index in [4.69, 9.17) is 5.11 Å². The molecule has 6 heteroatoms. The van der Waals surface area contributed by atoms with Gasteiger partial charge in [-0.15, -0.1) is 5.10 Å². The first-order chi connectivity index (χ1) is 6.18. The largest absolute Gasteiger partial charge is 0.480 e. The average molecular weight is 182 g/mol. The Morgan fingerprint density at radius 1 is 1.77 bits per heavy atom. The number of rotatable bonds is 1. The maximum Gasteiger partial charge on any atom is 0.326 e. The first-order valence-electron chi connectivity index (χ1n) is 4.06. The lowest BCUT2D eigenvalue weighted by atomic mass is 10.1. The Hall–Kier alpha value is -1.59. The monoisotopic (exact) mass is 182 g/mol. The number of carboxylic acids is 1. The second-order valence-corrected chi connectivity index (χ2v) is 3.08. The van der Waals surface area contributed by atoms with E-state index in [9.17, 15) is 4.79 Å². The SMILES string of the molecule is Cn1nnc2c1NC(C(=O)O)CC2. The van der Waals surface area contributed by atoms with Crippen LogP contribution in [0.25, 0.3) is 0 Å². The molecule has 1 atom stereocenters. The number of aryl methyl sites for hydroxylation is 2. The summed E-state index contributed by atoms with van der Waals surface area (Å²) in [6.07, 6.45) is 1.24. The molecule has 0 aromatic carbocycles. The van der Waals surface area contributed by atoms with Crippen molar-refractivity contribution >= 4 is 11.8 Å². The van der Waals surface area contributed by atoms with Crippen molar-refractivity contribution in [2.45, 2.75) is 18.9 Å². The van der Waals surface area contributed by atoms with Gasteiger partial charge in [-0.05, 0) is 12.8 Å². The Labute approximate surface area is 74.6 Å². The molecule has 2 rings (SSSR count). The highest BCUT2D eigenvalue weighted by Gasteiger charge is 2.26. The zero-order chi connectivity index (χ0) is 9.42. The number of carboxylic acid groups (broad SMARTS) is 1. The van der Waals surface area contributed by atoms with Crippen LogP contribution >= 0.6 is 0 Å². The van der Waals surface area contributed by atoms with Crippen LogP contribution in [-0.2, 0) is 18.3 Å². The highest BCUT2D eigenvalue weighted by molar-refractivity contribution is 5.77. The average Bonchev–Trinajstić information content (AvgIpc) is 2.47. The van der Waals surface area contributed by atoms with Gasteiger partial charge >= 0.3 is 5.97 Å². The summed E-state index contributed by atoms with van der Waals surface area (Å²) in [4.78, 5) is 10.7. The highest BCUT2D eigenvalue weighted by Crippen LogP contribution is 2.21. The number of hydrogen-bond acceptors (Lipinski definition) is 4. The van der Waals surface area contributed by atoms with Gasteiger partial charge in [0, 0.05) is 7.05 Å². The topological polar surface area (TPSA) is 80.0 Å². The maximum absolute atomic E-state index is 10.7. The van der Waals surface area contributed by atoms with E-state index < -0.39 is 12.0 Å². The highest BCUT2D eigenvalue weighted by atomic mass is 16.4. The minimum atomic E-state index is -0.827. The summed E-state index contributed by atoms with van der Waals surface area (Å²) in [5.41, 5.74) is 0.847. The van der Waals surface area contributed by atoms with Crippen molar-refractivity contribution in [3.05, 3.63) is 5.69 Å². The van der Waals surface area contributed by atoms with Crippen LogP contribution in [0, 0.1) is 0 Å². The van der Waals surface area contributed by atoms with Gasteiger partial charge in [-0.1, -0.05) is 5.21 Å². The zero-order valence-corrected chi connectivity index (χ0v) is 7.19. The van der Waals surface area contributed by atoms with Crippen LogP contribution in [-0.4, -0.2) is 32.1 Å². The Morgan fingerprint density at radius 3 is 3.23 bits per heavy atom. The number of fused-ring (bicyclic) bond motifs is 1. The van der Waals surface area contributed by atoms with Gasteiger partial charge in [-0.25, -0.2) is 9.48 Å². The van der Waals surface area contributed by atoms with Crippen LogP contribution < -0.4 is 5.32 Å². The van der Waals surface area contributed by atoms with Crippen LogP contribution in [0.2, 0.25) is 0 Å². The van der Waals surface area contributed by atoms with Gasteiger partial charge in [-0.3, -0.25) is 0 Å². The van der Waals surface area contributed by atoms with Crippen molar-refractivity contribution in [3.8, 4) is 0 Å². The molecule has 6 nitrogen and oxygen atoms in total.